The summed E-state index contributed by atoms with van der Waals surface area (Å²) in [4.78, 5) is 25.4. The molecule has 0 rings (SSSR count). The van der Waals surface area contributed by atoms with Gasteiger partial charge in [-0.2, -0.15) is 0 Å². The van der Waals surface area contributed by atoms with Crippen molar-refractivity contribution in [2.45, 2.75) is 12.6 Å². The molecule has 0 fully saturated rings. The number of amides is 2. The molecule has 0 aromatic carbocycles. The van der Waals surface area contributed by atoms with E-state index in [2.05, 4.69) is 19.7 Å². The lowest BCUT2D eigenvalue weighted by Gasteiger charge is -2.18. The highest BCUT2D eigenvalue weighted by Crippen LogP contribution is 2.05. The summed E-state index contributed by atoms with van der Waals surface area (Å²) in [5.41, 5.74) is 0. The Morgan fingerprint density at radius 3 is 2.23 bits per heavy atom. The maximum Gasteiger partial charge on any atom is 0.282 e. The Kier molecular flexibility index (Phi) is 9.41. The maximum atomic E-state index is 13.7. The zero-order valence-corrected chi connectivity index (χ0v) is 12.8. The van der Waals surface area contributed by atoms with Crippen LogP contribution in [0.1, 0.15) is 6.42 Å². The van der Waals surface area contributed by atoms with E-state index in [1.54, 1.807) is 0 Å². The molecular formula is C16H22F2N2O2. The van der Waals surface area contributed by atoms with E-state index in [9.17, 15) is 18.4 Å². The van der Waals surface area contributed by atoms with Crippen LogP contribution in [0.4, 0.5) is 8.78 Å². The van der Waals surface area contributed by atoms with Crippen molar-refractivity contribution in [3.63, 3.8) is 0 Å². The molecule has 0 radical (unpaired) electrons. The van der Waals surface area contributed by atoms with Crippen molar-refractivity contribution in [1.82, 2.24) is 9.80 Å². The molecule has 0 heterocycles. The molecule has 0 aliphatic heterocycles. The number of hydrogen-bond donors (Lipinski definition) is 0. The minimum absolute atomic E-state index is 0.0806. The Bertz CT molecular complexity index is 461. The van der Waals surface area contributed by atoms with Crippen molar-refractivity contribution in [3.05, 3.63) is 49.9 Å². The van der Waals surface area contributed by atoms with Gasteiger partial charge in [0.1, 0.15) is 0 Å². The van der Waals surface area contributed by atoms with Crippen LogP contribution in [0, 0.1) is 0 Å². The highest BCUT2D eigenvalue weighted by Gasteiger charge is 2.19. The summed E-state index contributed by atoms with van der Waals surface area (Å²) in [5.74, 6) is -2.55. The summed E-state index contributed by atoms with van der Waals surface area (Å²) in [7, 11) is 1.48. The zero-order chi connectivity index (χ0) is 17.1. The molecule has 22 heavy (non-hydrogen) atoms. The second-order valence-corrected chi connectivity index (χ2v) is 4.59. The second-order valence-electron chi connectivity index (χ2n) is 4.59. The number of carbonyl (C=O) groups is 2. The van der Waals surface area contributed by atoms with Crippen LogP contribution in [-0.2, 0) is 9.59 Å². The van der Waals surface area contributed by atoms with E-state index in [0.717, 1.165) is 4.90 Å². The topological polar surface area (TPSA) is 40.6 Å². The number of allylic oxidation sites excluding steroid dienone is 1. The number of alkyl halides is 1. The molecule has 2 amide bonds. The third-order valence-corrected chi connectivity index (χ3v) is 2.75. The summed E-state index contributed by atoms with van der Waals surface area (Å²) in [6.07, 6.45) is 4.10. The van der Waals surface area contributed by atoms with Crippen LogP contribution in [0.25, 0.3) is 0 Å². The van der Waals surface area contributed by atoms with Gasteiger partial charge < -0.3 is 9.80 Å². The smallest absolute Gasteiger partial charge is 0.282 e. The Hall–Kier alpha value is -2.24. The van der Waals surface area contributed by atoms with Crippen LogP contribution in [0.15, 0.2) is 49.9 Å². The van der Waals surface area contributed by atoms with Gasteiger partial charge in [0, 0.05) is 33.1 Å². The fraction of sp³-hybridized carbons (Fsp3) is 0.375. The van der Waals surface area contributed by atoms with E-state index in [4.69, 9.17) is 0 Å². The van der Waals surface area contributed by atoms with Crippen LogP contribution < -0.4 is 0 Å². The number of nitrogens with zero attached hydrogens (tertiary/aromatic N) is 2. The van der Waals surface area contributed by atoms with Gasteiger partial charge in [0.15, 0.2) is 12.0 Å². The Labute approximate surface area is 130 Å². The molecule has 0 saturated carbocycles. The van der Waals surface area contributed by atoms with Crippen molar-refractivity contribution in [2.24, 2.45) is 0 Å². The van der Waals surface area contributed by atoms with Crippen molar-refractivity contribution in [3.8, 4) is 0 Å². The van der Waals surface area contributed by atoms with E-state index >= 15 is 0 Å². The van der Waals surface area contributed by atoms with Crippen LogP contribution in [-0.4, -0.2) is 54.5 Å². The van der Waals surface area contributed by atoms with Crippen molar-refractivity contribution < 1.29 is 18.4 Å². The molecule has 0 spiro atoms. The predicted octanol–water partition coefficient (Wildman–Crippen LogP) is 2.41. The minimum atomic E-state index is -1.67. The number of halogens is 2. The van der Waals surface area contributed by atoms with Gasteiger partial charge in [0.25, 0.3) is 11.8 Å². The number of hydrogen-bond acceptors (Lipinski definition) is 2. The molecule has 0 aromatic rings. The first-order valence-corrected chi connectivity index (χ1v) is 6.74. The number of carbonyl (C=O) groups excluding carboxylic acids is 2. The fourth-order valence-corrected chi connectivity index (χ4v) is 1.61. The monoisotopic (exact) mass is 312 g/mol. The first-order valence-electron chi connectivity index (χ1n) is 6.74. The number of rotatable bonds is 10. The van der Waals surface area contributed by atoms with Crippen LogP contribution in [0.3, 0.4) is 0 Å². The standard InChI is InChI=1S/C16H22F2N2O2/c1-5-10-19(4)16(22)14(18)9-7-8-12-20(11-6-2)15(21)13(3)17/h5-8,14H,1-3,9-12H2,4H3/b8-7+. The number of likely N-dealkylation sites (N-methyl/N-ethyl adjacent to an activating group) is 1. The molecule has 1 unspecified atom stereocenters. The molecule has 4 nitrogen and oxygen atoms in total. The van der Waals surface area contributed by atoms with Gasteiger partial charge in [-0.05, 0) is 0 Å². The summed E-state index contributed by atoms with van der Waals surface area (Å²) >= 11 is 0. The van der Waals surface area contributed by atoms with Crippen molar-refractivity contribution in [2.75, 3.05) is 26.7 Å². The Morgan fingerprint density at radius 1 is 1.14 bits per heavy atom. The largest absolute Gasteiger partial charge is 0.340 e. The summed E-state index contributed by atoms with van der Waals surface area (Å²) < 4.78 is 26.5. The molecule has 1 atom stereocenters. The average Bonchev–Trinajstić information content (AvgIpc) is 2.48. The molecule has 0 bridgehead atoms. The second kappa shape index (κ2) is 10.5. The molecule has 0 aliphatic carbocycles. The lowest BCUT2D eigenvalue weighted by molar-refractivity contribution is -0.134. The van der Waals surface area contributed by atoms with Gasteiger partial charge in [-0.3, -0.25) is 9.59 Å². The third-order valence-electron chi connectivity index (χ3n) is 2.75. The molecular weight excluding hydrogens is 290 g/mol. The van der Waals surface area contributed by atoms with E-state index in [0.29, 0.717) is 0 Å². The van der Waals surface area contributed by atoms with Gasteiger partial charge in [-0.15, -0.1) is 13.2 Å². The molecule has 0 aromatic heterocycles. The predicted molar refractivity (Wildman–Crippen MR) is 83.5 cm³/mol. The van der Waals surface area contributed by atoms with Gasteiger partial charge in [-0.25, -0.2) is 8.78 Å². The van der Waals surface area contributed by atoms with E-state index in [-0.39, 0.29) is 26.1 Å². The molecule has 0 aliphatic rings. The quantitative estimate of drug-likeness (QED) is 0.459. The van der Waals surface area contributed by atoms with Crippen LogP contribution >= 0.6 is 0 Å². The molecule has 6 heteroatoms. The van der Waals surface area contributed by atoms with Crippen molar-refractivity contribution >= 4 is 11.8 Å². The van der Waals surface area contributed by atoms with Gasteiger partial charge in [0.05, 0.1) is 0 Å². The van der Waals surface area contributed by atoms with Gasteiger partial charge >= 0.3 is 0 Å². The fourth-order valence-electron chi connectivity index (χ4n) is 1.61. The van der Waals surface area contributed by atoms with Crippen LogP contribution in [0.5, 0.6) is 0 Å². The normalized spacial score (nSPS) is 11.8. The van der Waals surface area contributed by atoms with Gasteiger partial charge in [-0.1, -0.05) is 30.9 Å². The Balaban J connectivity index is 4.44. The maximum absolute atomic E-state index is 13.7. The van der Waals surface area contributed by atoms with Gasteiger partial charge in [0.2, 0.25) is 0 Å². The molecule has 0 saturated heterocycles. The van der Waals surface area contributed by atoms with E-state index in [1.807, 2.05) is 0 Å². The minimum Gasteiger partial charge on any atom is -0.340 e. The highest BCUT2D eigenvalue weighted by molar-refractivity contribution is 5.90. The zero-order valence-electron chi connectivity index (χ0n) is 12.8. The van der Waals surface area contributed by atoms with Crippen LogP contribution in [0.2, 0.25) is 0 Å². The molecule has 122 valence electrons. The highest BCUT2D eigenvalue weighted by atomic mass is 19.1. The average molecular weight is 312 g/mol. The summed E-state index contributed by atoms with van der Waals surface area (Å²) in [5, 5.41) is 0. The summed E-state index contributed by atoms with van der Waals surface area (Å²) in [6, 6.07) is 0. The lowest BCUT2D eigenvalue weighted by Crippen LogP contribution is -2.34. The summed E-state index contributed by atoms with van der Waals surface area (Å²) in [6.45, 7) is 10.4. The van der Waals surface area contributed by atoms with E-state index in [1.165, 1.54) is 36.3 Å². The third kappa shape index (κ3) is 6.97. The first kappa shape index (κ1) is 19.8. The Morgan fingerprint density at radius 2 is 1.73 bits per heavy atom. The SMILES string of the molecule is C=CCN(C)C(=O)C(F)C/C=C/CN(CC=C)C(=O)C(=C)F. The lowest BCUT2D eigenvalue weighted by atomic mass is 10.2. The van der Waals surface area contributed by atoms with Crippen molar-refractivity contribution in [1.29, 1.82) is 0 Å². The van der Waals surface area contributed by atoms with E-state index < -0.39 is 23.8 Å². The molecule has 0 N–H and O–H groups in total. The first-order chi connectivity index (χ1) is 10.3.